The number of amides is 1. The molecule has 12 heavy (non-hydrogen) atoms. The molecule has 0 aromatic heterocycles. The molecule has 0 aromatic carbocycles. The first-order chi connectivity index (χ1) is 5.79. The molecular formula is C8H16N2O2. The maximum absolute atomic E-state index is 10.3. The zero-order valence-corrected chi connectivity index (χ0v) is 7.21. The zero-order chi connectivity index (χ0) is 8.81. The molecule has 0 atom stereocenters. The van der Waals surface area contributed by atoms with E-state index in [4.69, 9.17) is 10.5 Å². The van der Waals surface area contributed by atoms with Crippen molar-refractivity contribution in [3.63, 3.8) is 0 Å². The number of carbonyl (C=O) groups excluding carboxylic acids is 1. The Balaban J connectivity index is 2.01. The van der Waals surface area contributed by atoms with E-state index in [9.17, 15) is 4.79 Å². The normalized spacial score (nSPS) is 19.3. The molecule has 1 aliphatic rings. The van der Waals surface area contributed by atoms with Crippen LogP contribution in [-0.4, -0.2) is 32.2 Å². The minimum absolute atomic E-state index is 0.0595. The SMILES string of the molecule is NC(=O)COCC1CCNCC1. The van der Waals surface area contributed by atoms with Gasteiger partial charge in [-0.3, -0.25) is 4.79 Å². The molecule has 1 saturated heterocycles. The molecule has 0 aromatic rings. The summed E-state index contributed by atoms with van der Waals surface area (Å²) in [6.07, 6.45) is 2.28. The monoisotopic (exact) mass is 172 g/mol. The quantitative estimate of drug-likeness (QED) is 0.600. The lowest BCUT2D eigenvalue weighted by Gasteiger charge is -2.21. The summed E-state index contributed by atoms with van der Waals surface area (Å²) in [5, 5.41) is 3.27. The number of nitrogens with one attached hydrogen (secondary N) is 1. The van der Waals surface area contributed by atoms with E-state index in [2.05, 4.69) is 5.32 Å². The highest BCUT2D eigenvalue weighted by Gasteiger charge is 2.12. The molecule has 0 spiro atoms. The third kappa shape index (κ3) is 3.69. The predicted molar refractivity (Wildman–Crippen MR) is 45.6 cm³/mol. The molecule has 4 nitrogen and oxygen atoms in total. The van der Waals surface area contributed by atoms with Crippen LogP contribution in [-0.2, 0) is 9.53 Å². The second-order valence-corrected chi connectivity index (χ2v) is 3.17. The van der Waals surface area contributed by atoms with Crippen LogP contribution in [0.2, 0.25) is 0 Å². The Hall–Kier alpha value is -0.610. The molecular weight excluding hydrogens is 156 g/mol. The van der Waals surface area contributed by atoms with Crippen molar-refractivity contribution < 1.29 is 9.53 Å². The molecule has 70 valence electrons. The number of rotatable bonds is 4. The van der Waals surface area contributed by atoms with Gasteiger partial charge in [0.15, 0.2) is 0 Å². The fourth-order valence-electron chi connectivity index (χ4n) is 1.37. The van der Waals surface area contributed by atoms with Gasteiger partial charge in [0.05, 0.1) is 6.61 Å². The van der Waals surface area contributed by atoms with Gasteiger partial charge in [0.1, 0.15) is 6.61 Å². The predicted octanol–water partition coefficient (Wildman–Crippen LogP) is -0.512. The van der Waals surface area contributed by atoms with E-state index in [0.29, 0.717) is 12.5 Å². The Morgan fingerprint density at radius 3 is 2.75 bits per heavy atom. The maximum Gasteiger partial charge on any atom is 0.243 e. The molecule has 4 heteroatoms. The van der Waals surface area contributed by atoms with Gasteiger partial charge in [-0.2, -0.15) is 0 Å². The molecule has 1 fully saturated rings. The van der Waals surface area contributed by atoms with Crippen LogP contribution in [0.5, 0.6) is 0 Å². The second-order valence-electron chi connectivity index (χ2n) is 3.17. The smallest absolute Gasteiger partial charge is 0.243 e. The van der Waals surface area contributed by atoms with E-state index in [1.54, 1.807) is 0 Å². The third-order valence-corrected chi connectivity index (χ3v) is 2.06. The van der Waals surface area contributed by atoms with Crippen molar-refractivity contribution in [3.05, 3.63) is 0 Å². The van der Waals surface area contributed by atoms with Crippen molar-refractivity contribution in [3.8, 4) is 0 Å². The summed E-state index contributed by atoms with van der Waals surface area (Å²) in [6, 6.07) is 0. The van der Waals surface area contributed by atoms with Gasteiger partial charge >= 0.3 is 0 Å². The molecule has 3 N–H and O–H groups in total. The minimum Gasteiger partial charge on any atom is -0.371 e. The lowest BCUT2D eigenvalue weighted by Crippen LogP contribution is -2.30. The number of ether oxygens (including phenoxy) is 1. The number of piperidine rings is 1. The number of nitrogens with two attached hydrogens (primary N) is 1. The van der Waals surface area contributed by atoms with Crippen LogP contribution in [0.15, 0.2) is 0 Å². The zero-order valence-electron chi connectivity index (χ0n) is 7.21. The van der Waals surface area contributed by atoms with Gasteiger partial charge in [-0.1, -0.05) is 0 Å². The Morgan fingerprint density at radius 1 is 1.50 bits per heavy atom. The van der Waals surface area contributed by atoms with Gasteiger partial charge in [0.2, 0.25) is 5.91 Å². The average molecular weight is 172 g/mol. The summed E-state index contributed by atoms with van der Waals surface area (Å²) in [5.41, 5.74) is 4.93. The Bertz CT molecular complexity index is 144. The highest BCUT2D eigenvalue weighted by atomic mass is 16.5. The van der Waals surface area contributed by atoms with Gasteiger partial charge < -0.3 is 15.8 Å². The van der Waals surface area contributed by atoms with E-state index in [1.165, 1.54) is 0 Å². The van der Waals surface area contributed by atoms with Crippen molar-refractivity contribution in [1.29, 1.82) is 0 Å². The number of primary amides is 1. The first kappa shape index (κ1) is 9.48. The van der Waals surface area contributed by atoms with Gasteiger partial charge in [-0.05, 0) is 31.8 Å². The van der Waals surface area contributed by atoms with E-state index >= 15 is 0 Å². The van der Waals surface area contributed by atoms with Crippen LogP contribution in [0.1, 0.15) is 12.8 Å². The van der Waals surface area contributed by atoms with Crippen LogP contribution in [0, 0.1) is 5.92 Å². The summed E-state index contributed by atoms with van der Waals surface area (Å²) in [6.45, 7) is 2.85. The van der Waals surface area contributed by atoms with Crippen LogP contribution in [0.4, 0.5) is 0 Å². The molecule has 1 amide bonds. The largest absolute Gasteiger partial charge is 0.371 e. The van der Waals surface area contributed by atoms with Crippen molar-refractivity contribution in [2.75, 3.05) is 26.3 Å². The van der Waals surface area contributed by atoms with E-state index in [1.807, 2.05) is 0 Å². The number of hydrogen-bond acceptors (Lipinski definition) is 3. The summed E-state index contributed by atoms with van der Waals surface area (Å²) >= 11 is 0. The number of carbonyl (C=O) groups is 1. The standard InChI is InChI=1S/C8H16N2O2/c9-8(11)6-12-5-7-1-3-10-4-2-7/h7,10H,1-6H2,(H2,9,11). The number of hydrogen-bond donors (Lipinski definition) is 2. The van der Waals surface area contributed by atoms with Crippen LogP contribution in [0.3, 0.4) is 0 Å². The topological polar surface area (TPSA) is 64.4 Å². The van der Waals surface area contributed by atoms with Crippen molar-refractivity contribution in [1.82, 2.24) is 5.32 Å². The van der Waals surface area contributed by atoms with Crippen molar-refractivity contribution in [2.45, 2.75) is 12.8 Å². The van der Waals surface area contributed by atoms with Crippen LogP contribution in [0.25, 0.3) is 0 Å². The summed E-state index contributed by atoms with van der Waals surface area (Å²) < 4.78 is 5.13. The second kappa shape index (κ2) is 5.11. The fraction of sp³-hybridized carbons (Fsp3) is 0.875. The first-order valence-electron chi connectivity index (χ1n) is 4.36. The lowest BCUT2D eigenvalue weighted by atomic mass is 9.99. The Kier molecular flexibility index (Phi) is 4.04. The van der Waals surface area contributed by atoms with Crippen LogP contribution >= 0.6 is 0 Å². The summed E-state index contributed by atoms with van der Waals surface area (Å²) in [7, 11) is 0. The maximum atomic E-state index is 10.3. The van der Waals surface area contributed by atoms with E-state index in [-0.39, 0.29) is 12.5 Å². The molecule has 0 aliphatic carbocycles. The summed E-state index contributed by atoms with van der Waals surface area (Å²) in [5.74, 6) is 0.217. The summed E-state index contributed by atoms with van der Waals surface area (Å²) in [4.78, 5) is 10.3. The molecule has 1 rings (SSSR count). The first-order valence-corrected chi connectivity index (χ1v) is 4.36. The molecule has 1 aliphatic heterocycles. The third-order valence-electron chi connectivity index (χ3n) is 2.06. The van der Waals surface area contributed by atoms with Gasteiger partial charge in [0, 0.05) is 0 Å². The van der Waals surface area contributed by atoms with Crippen LogP contribution < -0.4 is 11.1 Å². The Labute approximate surface area is 72.5 Å². The van der Waals surface area contributed by atoms with Gasteiger partial charge in [0.25, 0.3) is 0 Å². The van der Waals surface area contributed by atoms with E-state index < -0.39 is 0 Å². The molecule has 0 radical (unpaired) electrons. The highest BCUT2D eigenvalue weighted by Crippen LogP contribution is 2.11. The highest BCUT2D eigenvalue weighted by molar-refractivity contribution is 5.74. The van der Waals surface area contributed by atoms with Crippen molar-refractivity contribution in [2.24, 2.45) is 11.7 Å². The average Bonchev–Trinajstić information content (AvgIpc) is 2.05. The van der Waals surface area contributed by atoms with Crippen molar-refractivity contribution >= 4 is 5.91 Å². The Morgan fingerprint density at radius 2 is 2.17 bits per heavy atom. The molecule has 1 heterocycles. The van der Waals surface area contributed by atoms with Gasteiger partial charge in [-0.15, -0.1) is 0 Å². The van der Waals surface area contributed by atoms with E-state index in [0.717, 1.165) is 25.9 Å². The molecule has 0 bridgehead atoms. The minimum atomic E-state index is -0.385. The molecule has 0 saturated carbocycles. The fourth-order valence-corrected chi connectivity index (χ4v) is 1.37. The van der Waals surface area contributed by atoms with Gasteiger partial charge in [-0.25, -0.2) is 0 Å². The molecule has 0 unspecified atom stereocenters. The lowest BCUT2D eigenvalue weighted by molar-refractivity contribution is -0.123.